The molecular formula is C15H25NO5S. The van der Waals surface area contributed by atoms with E-state index in [1.165, 1.54) is 12.8 Å². The molecule has 126 valence electrons. The molecule has 0 bridgehead atoms. The summed E-state index contributed by atoms with van der Waals surface area (Å²) in [5, 5.41) is 8.97. The maximum absolute atomic E-state index is 12.3. The summed E-state index contributed by atoms with van der Waals surface area (Å²) in [6, 6.07) is 0. The van der Waals surface area contributed by atoms with E-state index < -0.39 is 22.1 Å². The third-order valence-electron chi connectivity index (χ3n) is 5.23. The highest BCUT2D eigenvalue weighted by Gasteiger charge is 2.38. The molecule has 0 aromatic heterocycles. The van der Waals surface area contributed by atoms with Crippen molar-refractivity contribution in [3.8, 4) is 0 Å². The fraction of sp³-hybridized carbons (Fsp3) is 0.933. The summed E-state index contributed by atoms with van der Waals surface area (Å²) in [6.45, 7) is 1.10. The lowest BCUT2D eigenvalue weighted by molar-refractivity contribution is -0.150. The zero-order chi connectivity index (χ0) is 15.7. The van der Waals surface area contributed by atoms with E-state index in [0.717, 1.165) is 25.7 Å². The van der Waals surface area contributed by atoms with E-state index in [0.29, 0.717) is 31.3 Å². The molecule has 1 saturated carbocycles. The molecule has 2 saturated heterocycles. The van der Waals surface area contributed by atoms with Gasteiger partial charge in [0.1, 0.15) is 0 Å². The van der Waals surface area contributed by atoms with Crippen molar-refractivity contribution < 1.29 is 23.1 Å². The van der Waals surface area contributed by atoms with Gasteiger partial charge in [-0.3, -0.25) is 0 Å². The Labute approximate surface area is 131 Å². The molecule has 0 amide bonds. The van der Waals surface area contributed by atoms with Crippen molar-refractivity contribution in [3.63, 3.8) is 0 Å². The first-order valence-electron chi connectivity index (χ1n) is 8.32. The highest BCUT2D eigenvalue weighted by molar-refractivity contribution is 7.89. The van der Waals surface area contributed by atoms with Crippen molar-refractivity contribution in [1.82, 2.24) is 4.31 Å². The molecule has 2 atom stereocenters. The molecule has 3 fully saturated rings. The topological polar surface area (TPSA) is 83.9 Å². The second kappa shape index (κ2) is 6.45. The van der Waals surface area contributed by atoms with Gasteiger partial charge in [-0.15, -0.1) is 0 Å². The molecule has 3 aliphatic rings. The fourth-order valence-corrected chi connectivity index (χ4v) is 5.22. The molecule has 22 heavy (non-hydrogen) atoms. The number of piperidine rings is 1. The minimum absolute atomic E-state index is 0.0163. The van der Waals surface area contributed by atoms with Gasteiger partial charge in [0.25, 0.3) is 0 Å². The van der Waals surface area contributed by atoms with Crippen molar-refractivity contribution >= 4 is 16.0 Å². The van der Waals surface area contributed by atoms with Crippen molar-refractivity contribution in [2.45, 2.75) is 57.2 Å². The third kappa shape index (κ3) is 3.81. The van der Waals surface area contributed by atoms with E-state index in [1.807, 2.05) is 0 Å². The predicted molar refractivity (Wildman–Crippen MR) is 81.0 cm³/mol. The van der Waals surface area contributed by atoms with Crippen LogP contribution in [0.2, 0.25) is 0 Å². The number of rotatable bonds is 6. The minimum Gasteiger partial charge on any atom is -0.479 e. The van der Waals surface area contributed by atoms with Gasteiger partial charge in [-0.2, -0.15) is 0 Å². The predicted octanol–water partition coefficient (Wildman–Crippen LogP) is 1.46. The van der Waals surface area contributed by atoms with Crippen LogP contribution in [0.3, 0.4) is 0 Å². The number of aliphatic carboxylic acids is 1. The van der Waals surface area contributed by atoms with Gasteiger partial charge in [0, 0.05) is 13.1 Å². The summed E-state index contributed by atoms with van der Waals surface area (Å²) in [4.78, 5) is 10.9. The normalized spacial score (nSPS) is 31.5. The molecule has 0 radical (unpaired) electrons. The molecule has 2 aliphatic heterocycles. The standard InChI is InChI=1S/C15H25NO5S/c17-15(18)14-4-3-13(21-14)12-5-8-16(9-6-12)22(19,20)10-7-11-1-2-11/h11-14H,1-10H2,(H,17,18)/t13-,14+/m0/s1. The molecule has 1 N–H and O–H groups in total. The summed E-state index contributed by atoms with van der Waals surface area (Å²) in [5.74, 6) is 0.317. The number of carbonyl (C=O) groups is 1. The van der Waals surface area contributed by atoms with Crippen LogP contribution < -0.4 is 0 Å². The Kier molecular flexibility index (Phi) is 4.75. The monoisotopic (exact) mass is 331 g/mol. The van der Waals surface area contributed by atoms with Gasteiger partial charge in [0.15, 0.2) is 6.10 Å². The molecule has 0 aromatic carbocycles. The van der Waals surface area contributed by atoms with Crippen LogP contribution in [0.25, 0.3) is 0 Å². The Morgan fingerprint density at radius 1 is 1.09 bits per heavy atom. The van der Waals surface area contributed by atoms with Gasteiger partial charge in [-0.1, -0.05) is 12.8 Å². The lowest BCUT2D eigenvalue weighted by Gasteiger charge is -2.33. The van der Waals surface area contributed by atoms with E-state index in [2.05, 4.69) is 0 Å². The van der Waals surface area contributed by atoms with Gasteiger partial charge < -0.3 is 9.84 Å². The Morgan fingerprint density at radius 3 is 2.32 bits per heavy atom. The molecule has 6 nitrogen and oxygen atoms in total. The van der Waals surface area contributed by atoms with Crippen molar-refractivity contribution in [3.05, 3.63) is 0 Å². The van der Waals surface area contributed by atoms with E-state index >= 15 is 0 Å². The molecule has 0 aromatic rings. The van der Waals surface area contributed by atoms with Crippen LogP contribution >= 0.6 is 0 Å². The first-order chi connectivity index (χ1) is 10.5. The van der Waals surface area contributed by atoms with Crippen LogP contribution in [0.1, 0.15) is 44.9 Å². The molecule has 7 heteroatoms. The number of nitrogens with zero attached hydrogens (tertiary/aromatic N) is 1. The van der Waals surface area contributed by atoms with Crippen LogP contribution in [-0.2, 0) is 19.6 Å². The number of hydrogen-bond acceptors (Lipinski definition) is 4. The Bertz CT molecular complexity index is 508. The summed E-state index contributed by atoms with van der Waals surface area (Å²) < 4.78 is 31.8. The lowest BCUT2D eigenvalue weighted by atomic mass is 9.90. The van der Waals surface area contributed by atoms with Gasteiger partial charge >= 0.3 is 5.97 Å². The van der Waals surface area contributed by atoms with Crippen LogP contribution in [0, 0.1) is 11.8 Å². The first kappa shape index (κ1) is 16.2. The number of carboxylic acids is 1. The average Bonchev–Trinajstić information content (AvgIpc) is 3.19. The number of carboxylic acid groups (broad SMARTS) is 1. The summed E-state index contributed by atoms with van der Waals surface area (Å²) in [7, 11) is -3.11. The molecule has 1 aliphatic carbocycles. The second-order valence-electron chi connectivity index (χ2n) is 6.86. The van der Waals surface area contributed by atoms with Crippen molar-refractivity contribution in [2.75, 3.05) is 18.8 Å². The van der Waals surface area contributed by atoms with Gasteiger partial charge in [-0.05, 0) is 43.9 Å². The van der Waals surface area contributed by atoms with Crippen LogP contribution in [0.4, 0.5) is 0 Å². The molecule has 0 spiro atoms. The van der Waals surface area contributed by atoms with Gasteiger partial charge in [0.05, 0.1) is 11.9 Å². The van der Waals surface area contributed by atoms with E-state index in [4.69, 9.17) is 9.84 Å². The SMILES string of the molecule is O=C(O)[C@H]1CC[C@@H](C2CCN(S(=O)(=O)CCC3CC3)CC2)O1. The quantitative estimate of drug-likeness (QED) is 0.796. The third-order valence-corrected chi connectivity index (χ3v) is 7.13. The van der Waals surface area contributed by atoms with Gasteiger partial charge in [0.2, 0.25) is 10.0 Å². The first-order valence-corrected chi connectivity index (χ1v) is 9.93. The minimum atomic E-state index is -3.11. The highest BCUT2D eigenvalue weighted by atomic mass is 32.2. The average molecular weight is 331 g/mol. The largest absolute Gasteiger partial charge is 0.479 e. The molecular weight excluding hydrogens is 306 g/mol. The van der Waals surface area contributed by atoms with Crippen LogP contribution in [0.5, 0.6) is 0 Å². The lowest BCUT2D eigenvalue weighted by Crippen LogP contribution is -2.42. The van der Waals surface area contributed by atoms with E-state index in [9.17, 15) is 13.2 Å². The zero-order valence-corrected chi connectivity index (χ0v) is 13.6. The smallest absolute Gasteiger partial charge is 0.332 e. The maximum Gasteiger partial charge on any atom is 0.332 e. The summed E-state index contributed by atoms with van der Waals surface area (Å²) >= 11 is 0. The fourth-order valence-electron chi connectivity index (χ4n) is 3.57. The van der Waals surface area contributed by atoms with E-state index in [1.54, 1.807) is 4.31 Å². The van der Waals surface area contributed by atoms with Crippen molar-refractivity contribution in [1.29, 1.82) is 0 Å². The second-order valence-corrected chi connectivity index (χ2v) is 8.95. The Balaban J connectivity index is 1.46. The van der Waals surface area contributed by atoms with Gasteiger partial charge in [-0.25, -0.2) is 17.5 Å². The highest BCUT2D eigenvalue weighted by Crippen LogP contribution is 2.35. The number of hydrogen-bond donors (Lipinski definition) is 1. The van der Waals surface area contributed by atoms with Crippen LogP contribution in [0.15, 0.2) is 0 Å². The zero-order valence-electron chi connectivity index (χ0n) is 12.8. The number of sulfonamides is 1. The Morgan fingerprint density at radius 2 is 1.77 bits per heavy atom. The van der Waals surface area contributed by atoms with E-state index in [-0.39, 0.29) is 11.9 Å². The molecule has 3 rings (SSSR count). The maximum atomic E-state index is 12.3. The Hall–Kier alpha value is -0.660. The summed E-state index contributed by atoms with van der Waals surface area (Å²) in [5.41, 5.74) is 0. The number of ether oxygens (including phenoxy) is 1. The molecule has 2 heterocycles. The van der Waals surface area contributed by atoms with Crippen molar-refractivity contribution in [2.24, 2.45) is 11.8 Å². The molecule has 0 unspecified atom stereocenters. The summed E-state index contributed by atoms with van der Waals surface area (Å²) in [6.07, 6.45) is 5.37. The van der Waals surface area contributed by atoms with Crippen LogP contribution in [-0.4, -0.2) is 54.8 Å².